The monoisotopic (exact) mass is 402 g/mol. The average Bonchev–Trinajstić information content (AvgIpc) is 3.01. The topological polar surface area (TPSA) is 37.3 Å². The summed E-state index contributed by atoms with van der Waals surface area (Å²) in [6.45, 7) is 12.1. The molecule has 4 fully saturated rings. The minimum Gasteiger partial charge on any atom is -0.381 e. The maximum Gasteiger partial charge on any atom is 0.165 e. The normalized spacial score (nSPS) is 48.2. The predicted octanol–water partition coefficient (Wildman–Crippen LogP) is 6.79. The molecule has 0 aliphatic heterocycles. The van der Waals surface area contributed by atoms with Crippen molar-refractivity contribution in [3.05, 3.63) is 0 Å². The second-order valence-electron chi connectivity index (χ2n) is 12.5. The Morgan fingerprint density at radius 1 is 0.966 bits per heavy atom. The first-order valence-electron chi connectivity index (χ1n) is 12.9. The molecule has 0 spiro atoms. The molecule has 0 saturated heterocycles. The first kappa shape index (κ1) is 21.8. The summed E-state index contributed by atoms with van der Waals surface area (Å²) < 4.78 is 0. The molecule has 8 atom stereocenters. The largest absolute Gasteiger partial charge is 0.381 e. The lowest BCUT2D eigenvalue weighted by Gasteiger charge is -2.62. The van der Waals surface area contributed by atoms with Crippen molar-refractivity contribution in [2.75, 3.05) is 0 Å². The molecule has 0 radical (unpaired) electrons. The molecule has 0 aromatic heterocycles. The average molecular weight is 403 g/mol. The van der Waals surface area contributed by atoms with Crippen LogP contribution in [0.5, 0.6) is 0 Å². The summed E-state index contributed by atoms with van der Waals surface area (Å²) >= 11 is 0. The number of hydrogen-bond acceptors (Lipinski definition) is 2. The van der Waals surface area contributed by atoms with Crippen molar-refractivity contribution >= 4 is 5.78 Å². The minimum absolute atomic E-state index is 0.173. The molecule has 2 nitrogen and oxygen atoms in total. The van der Waals surface area contributed by atoms with E-state index in [9.17, 15) is 9.90 Å². The number of ketones is 1. The zero-order valence-electron chi connectivity index (χ0n) is 19.8. The highest BCUT2D eigenvalue weighted by atomic mass is 16.3. The van der Waals surface area contributed by atoms with E-state index in [-0.39, 0.29) is 11.2 Å². The maximum atomic E-state index is 13.3. The van der Waals surface area contributed by atoms with Gasteiger partial charge in [0, 0.05) is 11.8 Å². The number of aliphatic hydroxyl groups is 1. The van der Waals surface area contributed by atoms with Crippen LogP contribution >= 0.6 is 0 Å². The van der Waals surface area contributed by atoms with Gasteiger partial charge in [0.15, 0.2) is 5.78 Å². The van der Waals surface area contributed by atoms with Crippen LogP contribution in [0.15, 0.2) is 0 Å². The lowest BCUT2D eigenvalue weighted by atomic mass is 9.43. The first-order valence-corrected chi connectivity index (χ1v) is 12.9. The van der Waals surface area contributed by atoms with Gasteiger partial charge in [-0.15, -0.1) is 0 Å². The quantitative estimate of drug-likeness (QED) is 0.549. The fourth-order valence-corrected chi connectivity index (χ4v) is 9.09. The molecule has 0 heterocycles. The van der Waals surface area contributed by atoms with Crippen LogP contribution < -0.4 is 0 Å². The van der Waals surface area contributed by atoms with Gasteiger partial charge in [-0.1, -0.05) is 66.7 Å². The fourth-order valence-electron chi connectivity index (χ4n) is 9.09. The Hall–Kier alpha value is -0.370. The van der Waals surface area contributed by atoms with Crippen molar-refractivity contribution in [1.29, 1.82) is 0 Å². The molecule has 166 valence electrons. The van der Waals surface area contributed by atoms with Crippen LogP contribution in [0, 0.1) is 46.3 Å². The lowest BCUT2D eigenvalue weighted by Crippen LogP contribution is -2.65. The van der Waals surface area contributed by atoms with Crippen LogP contribution in [0.25, 0.3) is 0 Å². The highest BCUT2D eigenvalue weighted by Crippen LogP contribution is 2.68. The molecule has 0 unspecified atom stereocenters. The standard InChI is InChI=1S/C27H46O2/c1-18(2)9-8-10-19(3)21-11-12-22-20-17-24(28)27(29)15-7-6-14-26(27,5)23(20)13-16-25(21,22)4/h18-23,29H,6-17H2,1-5H3/t19-,20-,21+,22-,23-,25+,26-,27+/m1/s1. The van der Waals surface area contributed by atoms with Gasteiger partial charge in [-0.2, -0.15) is 0 Å². The van der Waals surface area contributed by atoms with Gasteiger partial charge in [-0.05, 0) is 79.4 Å². The highest BCUT2D eigenvalue weighted by Gasteiger charge is 2.66. The summed E-state index contributed by atoms with van der Waals surface area (Å²) in [6.07, 6.45) is 14.0. The van der Waals surface area contributed by atoms with Gasteiger partial charge in [0.2, 0.25) is 0 Å². The Bertz CT molecular complexity index is 626. The van der Waals surface area contributed by atoms with Crippen LogP contribution in [0.1, 0.15) is 112 Å². The number of carbonyl (C=O) groups is 1. The second-order valence-corrected chi connectivity index (χ2v) is 12.5. The maximum absolute atomic E-state index is 13.3. The van der Waals surface area contributed by atoms with Crippen molar-refractivity contribution in [3.63, 3.8) is 0 Å². The molecular weight excluding hydrogens is 356 g/mol. The summed E-state index contributed by atoms with van der Waals surface area (Å²) in [5, 5.41) is 11.5. The summed E-state index contributed by atoms with van der Waals surface area (Å²) in [4.78, 5) is 13.3. The van der Waals surface area contributed by atoms with E-state index >= 15 is 0 Å². The van der Waals surface area contributed by atoms with Crippen molar-refractivity contribution in [2.45, 2.75) is 117 Å². The molecule has 1 N–H and O–H groups in total. The number of Topliss-reactive ketones (excluding diaryl/α,β-unsaturated/α-hetero) is 1. The lowest BCUT2D eigenvalue weighted by molar-refractivity contribution is -0.203. The summed E-state index contributed by atoms with van der Waals surface area (Å²) in [7, 11) is 0. The third-order valence-electron chi connectivity index (χ3n) is 10.8. The molecule has 4 aliphatic carbocycles. The molecule has 0 aromatic carbocycles. The van der Waals surface area contributed by atoms with Gasteiger partial charge < -0.3 is 5.11 Å². The van der Waals surface area contributed by atoms with Crippen LogP contribution in [-0.2, 0) is 4.79 Å². The van der Waals surface area contributed by atoms with Gasteiger partial charge in [0.25, 0.3) is 0 Å². The minimum atomic E-state index is -1.03. The van der Waals surface area contributed by atoms with Gasteiger partial charge in [0.1, 0.15) is 5.60 Å². The third-order valence-corrected chi connectivity index (χ3v) is 10.8. The van der Waals surface area contributed by atoms with Crippen LogP contribution in [0.2, 0.25) is 0 Å². The summed E-state index contributed by atoms with van der Waals surface area (Å²) in [5.41, 5.74) is -0.783. The zero-order valence-corrected chi connectivity index (χ0v) is 19.8. The molecule has 4 saturated carbocycles. The first-order chi connectivity index (χ1) is 13.6. The Morgan fingerprint density at radius 2 is 1.69 bits per heavy atom. The van der Waals surface area contributed by atoms with E-state index in [1.54, 1.807) is 0 Å². The molecule has 29 heavy (non-hydrogen) atoms. The van der Waals surface area contributed by atoms with E-state index in [0.29, 0.717) is 36.0 Å². The van der Waals surface area contributed by atoms with E-state index in [0.717, 1.165) is 30.6 Å². The SMILES string of the molecule is CC(C)CCC[C@@H](C)[C@@H]1CC[C@@H]2[C@H]3CC(=O)[C@@]4(O)CCCC[C@]4(C)[C@@H]3CC[C@]21C. The molecule has 4 rings (SSSR count). The van der Waals surface area contributed by atoms with Crippen LogP contribution in [0.3, 0.4) is 0 Å². The summed E-state index contributed by atoms with van der Waals surface area (Å²) in [5.74, 6) is 4.42. The molecule has 0 amide bonds. The molecule has 2 heteroatoms. The predicted molar refractivity (Wildman–Crippen MR) is 120 cm³/mol. The molecule has 0 bridgehead atoms. The van der Waals surface area contributed by atoms with Crippen molar-refractivity contribution in [3.8, 4) is 0 Å². The van der Waals surface area contributed by atoms with E-state index < -0.39 is 5.60 Å². The van der Waals surface area contributed by atoms with Gasteiger partial charge in [-0.25, -0.2) is 0 Å². The van der Waals surface area contributed by atoms with Gasteiger partial charge >= 0.3 is 0 Å². The van der Waals surface area contributed by atoms with Gasteiger partial charge in [-0.3, -0.25) is 4.79 Å². The number of hydrogen-bond donors (Lipinski definition) is 1. The second kappa shape index (κ2) is 7.64. The van der Waals surface area contributed by atoms with E-state index in [2.05, 4.69) is 34.6 Å². The zero-order chi connectivity index (χ0) is 21.0. The Balaban J connectivity index is 1.53. The number of carbonyl (C=O) groups excluding carboxylic acids is 1. The Kier molecular flexibility index (Phi) is 5.76. The van der Waals surface area contributed by atoms with Gasteiger partial charge in [0.05, 0.1) is 0 Å². The van der Waals surface area contributed by atoms with Crippen molar-refractivity contribution in [1.82, 2.24) is 0 Å². The van der Waals surface area contributed by atoms with Crippen molar-refractivity contribution < 1.29 is 9.90 Å². The van der Waals surface area contributed by atoms with Crippen LogP contribution in [-0.4, -0.2) is 16.5 Å². The van der Waals surface area contributed by atoms with Crippen molar-refractivity contribution in [2.24, 2.45) is 46.3 Å². The Labute approximate surface area is 179 Å². The number of rotatable bonds is 5. The molecular formula is C27H46O2. The highest BCUT2D eigenvalue weighted by molar-refractivity contribution is 5.89. The van der Waals surface area contributed by atoms with Crippen LogP contribution in [0.4, 0.5) is 0 Å². The molecule has 0 aromatic rings. The third kappa shape index (κ3) is 3.26. The molecule has 4 aliphatic rings. The van der Waals surface area contributed by atoms with E-state index in [4.69, 9.17) is 0 Å². The smallest absolute Gasteiger partial charge is 0.165 e. The van der Waals surface area contributed by atoms with E-state index in [1.807, 2.05) is 0 Å². The number of fused-ring (bicyclic) bond motifs is 5. The fraction of sp³-hybridized carbons (Fsp3) is 0.963. The summed E-state index contributed by atoms with van der Waals surface area (Å²) in [6, 6.07) is 0. The van der Waals surface area contributed by atoms with E-state index in [1.165, 1.54) is 51.4 Å². The Morgan fingerprint density at radius 3 is 2.41 bits per heavy atom.